The smallest absolute Gasteiger partial charge is 0.308 e. The molecule has 0 aliphatic carbocycles. The highest BCUT2D eigenvalue weighted by molar-refractivity contribution is 6.30. The Balaban J connectivity index is 2.29. The molecule has 90 valence electrons. The first-order chi connectivity index (χ1) is 7.99. The average molecular weight is 254 g/mol. The number of halogens is 1. The summed E-state index contributed by atoms with van der Waals surface area (Å²) in [5.74, 6) is -1.69. The Labute approximate surface area is 104 Å². The number of carbonyl (C=O) groups is 2. The van der Waals surface area contributed by atoms with Crippen molar-refractivity contribution < 1.29 is 14.7 Å². The van der Waals surface area contributed by atoms with Crippen molar-refractivity contribution in [2.24, 2.45) is 5.92 Å². The lowest BCUT2D eigenvalue weighted by Crippen LogP contribution is -2.26. The Hall–Kier alpha value is -1.55. The van der Waals surface area contributed by atoms with Crippen molar-refractivity contribution in [2.75, 3.05) is 11.4 Å². The molecule has 1 atom stereocenters. The van der Waals surface area contributed by atoms with Crippen molar-refractivity contribution in [1.82, 2.24) is 0 Å². The van der Waals surface area contributed by atoms with Crippen LogP contribution in [0.5, 0.6) is 0 Å². The minimum absolute atomic E-state index is 0.0669. The molecule has 0 unspecified atom stereocenters. The van der Waals surface area contributed by atoms with E-state index < -0.39 is 11.9 Å². The summed E-state index contributed by atoms with van der Waals surface area (Å²) in [5, 5.41) is 9.51. The van der Waals surface area contributed by atoms with Crippen LogP contribution in [0.3, 0.4) is 0 Å². The number of carbonyl (C=O) groups excluding carboxylic acids is 1. The highest BCUT2D eigenvalue weighted by Crippen LogP contribution is 2.29. The van der Waals surface area contributed by atoms with Gasteiger partial charge in [-0.15, -0.1) is 0 Å². The number of carboxylic acid groups (broad SMARTS) is 1. The van der Waals surface area contributed by atoms with Gasteiger partial charge >= 0.3 is 5.97 Å². The summed E-state index contributed by atoms with van der Waals surface area (Å²) < 4.78 is 0. The van der Waals surface area contributed by atoms with Crippen molar-refractivity contribution in [2.45, 2.75) is 13.3 Å². The normalized spacial score (nSPS) is 19.8. The van der Waals surface area contributed by atoms with Gasteiger partial charge in [-0.25, -0.2) is 0 Å². The van der Waals surface area contributed by atoms with Gasteiger partial charge in [-0.3, -0.25) is 9.59 Å². The zero-order valence-corrected chi connectivity index (χ0v) is 10.1. The Kier molecular flexibility index (Phi) is 3.07. The number of hydrogen-bond donors (Lipinski definition) is 1. The van der Waals surface area contributed by atoms with E-state index in [1.807, 2.05) is 6.92 Å². The van der Waals surface area contributed by atoms with E-state index in [9.17, 15) is 9.59 Å². The Morgan fingerprint density at radius 1 is 1.53 bits per heavy atom. The summed E-state index contributed by atoms with van der Waals surface area (Å²) in [5.41, 5.74) is 1.61. The van der Waals surface area contributed by atoms with Crippen LogP contribution in [0.15, 0.2) is 18.2 Å². The second-order valence-electron chi connectivity index (χ2n) is 4.17. The van der Waals surface area contributed by atoms with Crippen molar-refractivity contribution in [1.29, 1.82) is 0 Å². The highest BCUT2D eigenvalue weighted by Gasteiger charge is 2.35. The summed E-state index contributed by atoms with van der Waals surface area (Å²) in [7, 11) is 0. The van der Waals surface area contributed by atoms with E-state index in [1.54, 1.807) is 18.2 Å². The Morgan fingerprint density at radius 2 is 2.24 bits per heavy atom. The number of hydrogen-bond acceptors (Lipinski definition) is 2. The van der Waals surface area contributed by atoms with E-state index in [4.69, 9.17) is 16.7 Å². The van der Waals surface area contributed by atoms with Crippen LogP contribution in [0.1, 0.15) is 12.0 Å². The molecule has 1 fully saturated rings. The molecule has 0 saturated carbocycles. The molecule has 1 amide bonds. The molecule has 0 spiro atoms. The van der Waals surface area contributed by atoms with Crippen LogP contribution in [0.4, 0.5) is 5.69 Å². The molecule has 1 aromatic rings. The van der Waals surface area contributed by atoms with Crippen molar-refractivity contribution in [3.05, 3.63) is 28.8 Å². The molecular weight excluding hydrogens is 242 g/mol. The fourth-order valence-corrected chi connectivity index (χ4v) is 2.25. The number of nitrogens with zero attached hydrogens (tertiary/aromatic N) is 1. The maximum absolute atomic E-state index is 11.8. The third-order valence-electron chi connectivity index (χ3n) is 2.92. The molecule has 1 aromatic carbocycles. The summed E-state index contributed by atoms with van der Waals surface area (Å²) in [6.45, 7) is 2.08. The van der Waals surface area contributed by atoms with Gasteiger partial charge in [0, 0.05) is 23.7 Å². The highest BCUT2D eigenvalue weighted by atomic mass is 35.5. The minimum atomic E-state index is -0.924. The van der Waals surface area contributed by atoms with Crippen molar-refractivity contribution >= 4 is 29.2 Å². The fraction of sp³-hybridized carbons (Fsp3) is 0.333. The lowest BCUT2D eigenvalue weighted by atomic mass is 10.1. The molecule has 5 heteroatoms. The number of rotatable bonds is 2. The van der Waals surface area contributed by atoms with Gasteiger partial charge in [-0.05, 0) is 30.7 Å². The molecule has 4 nitrogen and oxygen atoms in total. The van der Waals surface area contributed by atoms with Gasteiger partial charge in [0.2, 0.25) is 5.91 Å². The average Bonchev–Trinajstić information content (AvgIpc) is 2.61. The lowest BCUT2D eigenvalue weighted by Gasteiger charge is -2.18. The van der Waals surface area contributed by atoms with E-state index in [0.717, 1.165) is 11.3 Å². The van der Waals surface area contributed by atoms with Gasteiger partial charge in [0.05, 0.1) is 5.92 Å². The largest absolute Gasteiger partial charge is 0.481 e. The number of anilines is 1. The Bertz CT molecular complexity index is 487. The van der Waals surface area contributed by atoms with E-state index >= 15 is 0 Å². The number of benzene rings is 1. The summed E-state index contributed by atoms with van der Waals surface area (Å²) in [4.78, 5) is 24.1. The van der Waals surface area contributed by atoms with E-state index in [-0.39, 0.29) is 18.9 Å². The third kappa shape index (κ3) is 2.26. The van der Waals surface area contributed by atoms with Crippen LogP contribution in [-0.2, 0) is 9.59 Å². The summed E-state index contributed by atoms with van der Waals surface area (Å²) in [6, 6.07) is 5.21. The second-order valence-corrected chi connectivity index (χ2v) is 4.61. The van der Waals surface area contributed by atoms with Crippen LogP contribution in [0.2, 0.25) is 5.02 Å². The zero-order valence-electron chi connectivity index (χ0n) is 9.31. The molecule has 0 aromatic heterocycles. The number of aliphatic carboxylic acids is 1. The quantitative estimate of drug-likeness (QED) is 0.878. The summed E-state index contributed by atoms with van der Waals surface area (Å²) >= 11 is 5.84. The SMILES string of the molecule is Cc1cc(Cl)ccc1N1C[C@@H](C(=O)O)CC1=O. The maximum atomic E-state index is 11.8. The van der Waals surface area contributed by atoms with Gasteiger partial charge < -0.3 is 10.0 Å². The number of carboxylic acids is 1. The van der Waals surface area contributed by atoms with Gasteiger partial charge in [0.15, 0.2) is 0 Å². The predicted molar refractivity (Wildman–Crippen MR) is 64.3 cm³/mol. The first-order valence-corrected chi connectivity index (χ1v) is 5.66. The standard InChI is InChI=1S/C12H12ClNO3/c1-7-4-9(13)2-3-10(7)14-6-8(12(16)17)5-11(14)15/h2-4,8H,5-6H2,1H3,(H,16,17)/t8-/m0/s1. The van der Waals surface area contributed by atoms with Gasteiger partial charge in [0.25, 0.3) is 0 Å². The molecule has 2 rings (SSSR count). The van der Waals surface area contributed by atoms with E-state index in [0.29, 0.717) is 5.02 Å². The van der Waals surface area contributed by atoms with Crippen LogP contribution >= 0.6 is 11.6 Å². The van der Waals surface area contributed by atoms with E-state index in [1.165, 1.54) is 4.90 Å². The topological polar surface area (TPSA) is 57.6 Å². The fourth-order valence-electron chi connectivity index (χ4n) is 2.03. The molecule has 0 radical (unpaired) electrons. The van der Waals surface area contributed by atoms with Crippen LogP contribution in [0.25, 0.3) is 0 Å². The van der Waals surface area contributed by atoms with Gasteiger partial charge in [0.1, 0.15) is 0 Å². The zero-order chi connectivity index (χ0) is 12.6. The summed E-state index contributed by atoms with van der Waals surface area (Å²) in [6.07, 6.45) is 0.0669. The third-order valence-corrected chi connectivity index (χ3v) is 3.16. The second kappa shape index (κ2) is 4.37. The molecule has 1 aliphatic heterocycles. The maximum Gasteiger partial charge on any atom is 0.308 e. The monoisotopic (exact) mass is 253 g/mol. The van der Waals surface area contributed by atoms with Gasteiger partial charge in [-0.2, -0.15) is 0 Å². The van der Waals surface area contributed by atoms with Crippen LogP contribution in [0, 0.1) is 12.8 Å². The van der Waals surface area contributed by atoms with Crippen LogP contribution in [-0.4, -0.2) is 23.5 Å². The Morgan fingerprint density at radius 3 is 2.76 bits per heavy atom. The molecule has 0 bridgehead atoms. The van der Waals surface area contributed by atoms with Crippen molar-refractivity contribution in [3.63, 3.8) is 0 Å². The van der Waals surface area contributed by atoms with Crippen LogP contribution < -0.4 is 4.90 Å². The number of aryl methyl sites for hydroxylation is 1. The van der Waals surface area contributed by atoms with E-state index in [2.05, 4.69) is 0 Å². The van der Waals surface area contributed by atoms with Gasteiger partial charge in [-0.1, -0.05) is 11.6 Å². The molecule has 17 heavy (non-hydrogen) atoms. The number of amides is 1. The predicted octanol–water partition coefficient (Wildman–Crippen LogP) is 2.09. The minimum Gasteiger partial charge on any atom is -0.481 e. The first kappa shape index (κ1) is 11.9. The molecular formula is C12H12ClNO3. The first-order valence-electron chi connectivity index (χ1n) is 5.28. The van der Waals surface area contributed by atoms with Crippen molar-refractivity contribution in [3.8, 4) is 0 Å². The molecule has 1 aliphatic rings. The lowest BCUT2D eigenvalue weighted by molar-refractivity contribution is -0.141. The molecule has 1 saturated heterocycles. The molecule has 1 heterocycles. The molecule has 1 N–H and O–H groups in total.